The summed E-state index contributed by atoms with van der Waals surface area (Å²) in [5.41, 5.74) is 3.89. The number of hydrogen-bond acceptors (Lipinski definition) is 4. The summed E-state index contributed by atoms with van der Waals surface area (Å²) in [5, 5.41) is 13.3. The van der Waals surface area contributed by atoms with Crippen LogP contribution < -0.4 is 10.1 Å². The van der Waals surface area contributed by atoms with Crippen molar-refractivity contribution in [2.45, 2.75) is 37.7 Å². The molecule has 0 bridgehead atoms. The molecule has 1 unspecified atom stereocenters. The van der Waals surface area contributed by atoms with Crippen molar-refractivity contribution >= 4 is 29.4 Å². The van der Waals surface area contributed by atoms with E-state index in [1.807, 2.05) is 54.6 Å². The summed E-state index contributed by atoms with van der Waals surface area (Å²) in [5.74, 6) is -2.06. The van der Waals surface area contributed by atoms with Gasteiger partial charge in [-0.3, -0.25) is 9.59 Å². The zero-order chi connectivity index (χ0) is 36.1. The summed E-state index contributed by atoms with van der Waals surface area (Å²) in [6.45, 7) is 0.127. The summed E-state index contributed by atoms with van der Waals surface area (Å²) in [7, 11) is 0. The summed E-state index contributed by atoms with van der Waals surface area (Å²) >= 11 is 6.05. The molecule has 11 heteroatoms. The normalized spacial score (nSPS) is 14.7. The molecule has 5 aromatic carbocycles. The molecule has 0 aliphatic carbocycles. The van der Waals surface area contributed by atoms with Crippen molar-refractivity contribution in [1.29, 1.82) is 0 Å². The first kappa shape index (κ1) is 35.2. The van der Waals surface area contributed by atoms with E-state index in [4.69, 9.17) is 16.3 Å². The van der Waals surface area contributed by atoms with Crippen LogP contribution in [-0.4, -0.2) is 40.4 Å². The second-order valence-corrected chi connectivity index (χ2v) is 12.6. The van der Waals surface area contributed by atoms with Crippen LogP contribution in [0.15, 0.2) is 121 Å². The van der Waals surface area contributed by atoms with E-state index in [1.165, 1.54) is 17.0 Å². The van der Waals surface area contributed by atoms with Gasteiger partial charge in [-0.25, -0.2) is 4.79 Å². The van der Waals surface area contributed by atoms with Gasteiger partial charge in [0.15, 0.2) is 0 Å². The quantitative estimate of drug-likeness (QED) is 0.152. The third-order valence-electron chi connectivity index (χ3n) is 8.75. The van der Waals surface area contributed by atoms with Gasteiger partial charge in [0, 0.05) is 23.6 Å². The number of carboxylic acid groups (broad SMARTS) is 1. The van der Waals surface area contributed by atoms with Gasteiger partial charge in [-0.2, -0.15) is 13.2 Å². The molecule has 0 radical (unpaired) electrons. The number of benzene rings is 5. The fourth-order valence-corrected chi connectivity index (χ4v) is 6.18. The Bertz CT molecular complexity index is 2020. The van der Waals surface area contributed by atoms with Crippen LogP contribution in [0.4, 0.5) is 13.2 Å². The molecule has 1 heterocycles. The molecule has 260 valence electrons. The number of amides is 2. The van der Waals surface area contributed by atoms with E-state index < -0.39 is 41.6 Å². The molecule has 2 atom stereocenters. The highest BCUT2D eigenvalue weighted by atomic mass is 35.5. The summed E-state index contributed by atoms with van der Waals surface area (Å²) in [4.78, 5) is 41.9. The fourth-order valence-electron chi connectivity index (χ4n) is 6.05. The van der Waals surface area contributed by atoms with Gasteiger partial charge < -0.3 is 20.1 Å². The molecule has 0 fully saturated rings. The van der Waals surface area contributed by atoms with Gasteiger partial charge in [-0.1, -0.05) is 84.4 Å². The van der Waals surface area contributed by atoms with Gasteiger partial charge >= 0.3 is 12.1 Å². The first-order valence-electron chi connectivity index (χ1n) is 16.1. The number of ether oxygens (including phenoxy) is 1. The highest BCUT2D eigenvalue weighted by Gasteiger charge is 2.38. The Balaban J connectivity index is 1.26. The topological polar surface area (TPSA) is 95.9 Å². The number of carbonyl (C=O) groups excluding carboxylic acids is 2. The molecule has 0 saturated heterocycles. The van der Waals surface area contributed by atoms with Crippen molar-refractivity contribution < 1.29 is 37.4 Å². The highest BCUT2D eigenvalue weighted by molar-refractivity contribution is 6.30. The standard InChI is InChI=1S/C40H32ClF3N2O5/c41-32-17-12-30(13-18-32)38(48)46-21-20-29-14-19-33(51-24-26-8-15-31(16-9-26)40(42,43)44)23-34(29)36(46)37(47)45-35(39(49)50)22-25-6-10-28(11-7-25)27-4-2-1-3-5-27/h1-19,23,35-36H,20-22,24H2,(H,45,47)(H,49,50)/t35-,36?/m0/s1. The largest absolute Gasteiger partial charge is 0.489 e. The Labute approximate surface area is 297 Å². The number of nitrogens with one attached hydrogen (secondary N) is 1. The monoisotopic (exact) mass is 712 g/mol. The van der Waals surface area contributed by atoms with Crippen LogP contribution in [0.1, 0.15) is 44.2 Å². The van der Waals surface area contributed by atoms with Gasteiger partial charge in [-0.05, 0) is 88.3 Å². The SMILES string of the molecule is O=C(N[C@@H](Cc1ccc(-c2ccccc2)cc1)C(=O)O)C1c2cc(OCc3ccc(C(F)(F)F)cc3)ccc2CCN1C(=O)c1ccc(Cl)cc1. The molecule has 6 rings (SSSR count). The van der Waals surface area contributed by atoms with Crippen molar-refractivity contribution in [2.24, 2.45) is 0 Å². The molecule has 0 aromatic heterocycles. The lowest BCUT2D eigenvalue weighted by atomic mass is 9.90. The van der Waals surface area contributed by atoms with Crippen LogP contribution >= 0.6 is 11.6 Å². The average molecular weight is 713 g/mol. The van der Waals surface area contributed by atoms with Crippen molar-refractivity contribution in [3.8, 4) is 16.9 Å². The lowest BCUT2D eigenvalue weighted by molar-refractivity contribution is -0.142. The van der Waals surface area contributed by atoms with E-state index >= 15 is 0 Å². The first-order valence-corrected chi connectivity index (χ1v) is 16.5. The molecule has 1 aliphatic rings. The van der Waals surface area contributed by atoms with E-state index in [9.17, 15) is 32.7 Å². The maximum Gasteiger partial charge on any atom is 0.416 e. The van der Waals surface area contributed by atoms with E-state index in [1.54, 1.807) is 42.5 Å². The second-order valence-electron chi connectivity index (χ2n) is 12.2. The van der Waals surface area contributed by atoms with E-state index in [-0.39, 0.29) is 19.6 Å². The molecule has 2 amide bonds. The van der Waals surface area contributed by atoms with Gasteiger partial charge in [0.1, 0.15) is 24.4 Å². The number of fused-ring (bicyclic) bond motifs is 1. The van der Waals surface area contributed by atoms with Crippen LogP contribution in [-0.2, 0) is 35.2 Å². The van der Waals surface area contributed by atoms with E-state index in [2.05, 4.69) is 5.32 Å². The minimum Gasteiger partial charge on any atom is -0.489 e. The number of rotatable bonds is 10. The van der Waals surface area contributed by atoms with Crippen LogP contribution in [0.3, 0.4) is 0 Å². The Morgan fingerprint density at radius 3 is 2.14 bits per heavy atom. The number of aliphatic carboxylic acids is 1. The highest BCUT2D eigenvalue weighted by Crippen LogP contribution is 2.35. The van der Waals surface area contributed by atoms with Gasteiger partial charge in [0.05, 0.1) is 5.56 Å². The van der Waals surface area contributed by atoms with Gasteiger partial charge in [0.2, 0.25) is 5.91 Å². The molecule has 0 spiro atoms. The molecular weight excluding hydrogens is 681 g/mol. The van der Waals surface area contributed by atoms with Gasteiger partial charge in [0.25, 0.3) is 5.91 Å². The Morgan fingerprint density at radius 2 is 1.49 bits per heavy atom. The molecule has 5 aromatic rings. The van der Waals surface area contributed by atoms with Crippen molar-refractivity contribution in [1.82, 2.24) is 10.2 Å². The number of carboxylic acids is 1. The van der Waals surface area contributed by atoms with Crippen molar-refractivity contribution in [3.05, 3.63) is 160 Å². The third-order valence-corrected chi connectivity index (χ3v) is 9.00. The predicted molar refractivity (Wildman–Crippen MR) is 186 cm³/mol. The zero-order valence-electron chi connectivity index (χ0n) is 27.1. The van der Waals surface area contributed by atoms with Crippen LogP contribution in [0.25, 0.3) is 11.1 Å². The molecule has 7 nitrogen and oxygen atoms in total. The molecular formula is C40H32ClF3N2O5. The van der Waals surface area contributed by atoms with Crippen LogP contribution in [0, 0.1) is 0 Å². The minimum atomic E-state index is -4.46. The lowest BCUT2D eigenvalue weighted by Crippen LogP contribution is -2.51. The number of hydrogen-bond donors (Lipinski definition) is 2. The predicted octanol–water partition coefficient (Wildman–Crippen LogP) is 8.16. The second kappa shape index (κ2) is 15.1. The Morgan fingerprint density at radius 1 is 0.843 bits per heavy atom. The number of alkyl halides is 3. The summed E-state index contributed by atoms with van der Waals surface area (Å²) in [6, 6.07) is 30.5. The number of halogens is 4. The molecule has 0 saturated carbocycles. The fraction of sp³-hybridized carbons (Fsp3) is 0.175. The smallest absolute Gasteiger partial charge is 0.416 e. The summed E-state index contributed by atoms with van der Waals surface area (Å²) < 4.78 is 45.0. The molecule has 1 aliphatic heterocycles. The van der Waals surface area contributed by atoms with E-state index in [0.717, 1.165) is 28.8 Å². The van der Waals surface area contributed by atoms with Crippen molar-refractivity contribution in [2.75, 3.05) is 6.54 Å². The first-order chi connectivity index (χ1) is 24.5. The van der Waals surface area contributed by atoms with Crippen LogP contribution in [0.5, 0.6) is 5.75 Å². The van der Waals surface area contributed by atoms with Crippen LogP contribution in [0.2, 0.25) is 5.02 Å². The van der Waals surface area contributed by atoms with E-state index in [0.29, 0.717) is 39.4 Å². The average Bonchev–Trinajstić information content (AvgIpc) is 3.13. The maximum atomic E-state index is 14.2. The Hall–Kier alpha value is -5.61. The third kappa shape index (κ3) is 8.41. The maximum absolute atomic E-state index is 14.2. The lowest BCUT2D eigenvalue weighted by Gasteiger charge is -2.37. The molecule has 2 N–H and O–H groups in total. The van der Waals surface area contributed by atoms with Gasteiger partial charge in [-0.15, -0.1) is 0 Å². The Kier molecular flexibility index (Phi) is 10.4. The zero-order valence-corrected chi connectivity index (χ0v) is 27.8. The summed E-state index contributed by atoms with van der Waals surface area (Å²) in [6.07, 6.45) is -4.06. The number of nitrogens with zero attached hydrogens (tertiary/aromatic N) is 1. The number of carbonyl (C=O) groups is 3. The molecule has 51 heavy (non-hydrogen) atoms. The van der Waals surface area contributed by atoms with Crippen molar-refractivity contribution in [3.63, 3.8) is 0 Å². The minimum absolute atomic E-state index is 0.00285.